The summed E-state index contributed by atoms with van der Waals surface area (Å²) in [4.78, 5) is 10.6. The second kappa shape index (κ2) is 5.27. The molecule has 1 heterocycles. The second-order valence-corrected chi connectivity index (χ2v) is 3.29. The lowest BCUT2D eigenvalue weighted by molar-refractivity contribution is -0.118. The Labute approximate surface area is 73.5 Å². The van der Waals surface area contributed by atoms with Gasteiger partial charge >= 0.3 is 0 Å². The molecular weight excluding hydrogens is 154 g/mol. The average Bonchev–Trinajstić information content (AvgIpc) is 2.05. The maximum absolute atomic E-state index is 10.6. The molecule has 1 saturated heterocycles. The van der Waals surface area contributed by atoms with Crippen LogP contribution in [0.15, 0.2) is 0 Å². The van der Waals surface area contributed by atoms with Crippen LogP contribution in [0.2, 0.25) is 0 Å². The molecule has 0 bridgehead atoms. The van der Waals surface area contributed by atoms with Crippen LogP contribution in [0.4, 0.5) is 0 Å². The van der Waals surface area contributed by atoms with Gasteiger partial charge in [0.15, 0.2) is 0 Å². The minimum Gasteiger partial charge on any atom is -0.376 e. The van der Waals surface area contributed by atoms with Gasteiger partial charge in [0, 0.05) is 13.0 Å². The third-order valence-corrected chi connectivity index (χ3v) is 2.06. The fraction of sp³-hybridized carbons (Fsp3) is 0.889. The van der Waals surface area contributed by atoms with Crippen LogP contribution in [0.3, 0.4) is 0 Å². The Morgan fingerprint density at radius 2 is 2.50 bits per heavy atom. The largest absolute Gasteiger partial charge is 0.376 e. The van der Waals surface area contributed by atoms with Crippen molar-refractivity contribution in [2.75, 3.05) is 19.7 Å². The highest BCUT2D eigenvalue weighted by molar-refractivity contribution is 5.75. The van der Waals surface area contributed by atoms with Gasteiger partial charge in [0.05, 0.1) is 12.7 Å². The van der Waals surface area contributed by atoms with Crippen LogP contribution < -0.4 is 5.32 Å². The lowest BCUT2D eigenvalue weighted by Gasteiger charge is -2.22. The quantitative estimate of drug-likeness (QED) is 0.677. The molecule has 0 aromatic rings. The smallest absolute Gasteiger partial charge is 0.132 e. The Kier molecular flexibility index (Phi) is 4.25. The van der Waals surface area contributed by atoms with Gasteiger partial charge in [-0.25, -0.2) is 0 Å². The van der Waals surface area contributed by atoms with Crippen molar-refractivity contribution < 1.29 is 9.53 Å². The Morgan fingerprint density at radius 1 is 1.67 bits per heavy atom. The highest BCUT2D eigenvalue weighted by Crippen LogP contribution is 2.05. The van der Waals surface area contributed by atoms with Crippen LogP contribution in [-0.4, -0.2) is 31.6 Å². The molecule has 1 atom stereocenters. The van der Waals surface area contributed by atoms with E-state index in [2.05, 4.69) is 5.32 Å². The van der Waals surface area contributed by atoms with Crippen LogP contribution in [-0.2, 0) is 9.53 Å². The highest BCUT2D eigenvalue weighted by atomic mass is 16.5. The summed E-state index contributed by atoms with van der Waals surface area (Å²) in [6.45, 7) is 4.23. The highest BCUT2D eigenvalue weighted by Gasteiger charge is 2.12. The van der Waals surface area contributed by atoms with Crippen molar-refractivity contribution in [2.45, 2.75) is 32.3 Å². The maximum atomic E-state index is 10.6. The van der Waals surface area contributed by atoms with Gasteiger partial charge in [-0.2, -0.15) is 0 Å². The molecule has 12 heavy (non-hydrogen) atoms. The summed E-state index contributed by atoms with van der Waals surface area (Å²) in [5, 5.41) is 3.26. The molecule has 1 aliphatic rings. The molecule has 1 rings (SSSR count). The summed E-state index contributed by atoms with van der Waals surface area (Å²) in [7, 11) is 0. The first kappa shape index (κ1) is 9.68. The Morgan fingerprint density at radius 3 is 3.08 bits per heavy atom. The van der Waals surface area contributed by atoms with Gasteiger partial charge in [0.2, 0.25) is 0 Å². The number of rotatable bonds is 4. The number of carbonyl (C=O) groups excluding carboxylic acids is 1. The first-order valence-corrected chi connectivity index (χ1v) is 4.61. The summed E-state index contributed by atoms with van der Waals surface area (Å²) in [6.07, 6.45) is 3.20. The van der Waals surface area contributed by atoms with Gasteiger partial charge in [0.25, 0.3) is 0 Å². The van der Waals surface area contributed by atoms with Crippen LogP contribution in [0.5, 0.6) is 0 Å². The summed E-state index contributed by atoms with van der Waals surface area (Å²) >= 11 is 0. The number of hydrogen-bond donors (Lipinski definition) is 1. The van der Waals surface area contributed by atoms with Crippen molar-refractivity contribution in [3.63, 3.8) is 0 Å². The van der Waals surface area contributed by atoms with E-state index in [-0.39, 0.29) is 5.78 Å². The van der Waals surface area contributed by atoms with E-state index in [1.54, 1.807) is 6.92 Å². The second-order valence-electron chi connectivity index (χ2n) is 3.29. The summed E-state index contributed by atoms with van der Waals surface area (Å²) in [5.41, 5.74) is 0. The van der Waals surface area contributed by atoms with E-state index in [0.29, 0.717) is 19.1 Å². The zero-order chi connectivity index (χ0) is 8.81. The minimum absolute atomic E-state index is 0.207. The molecule has 0 spiro atoms. The van der Waals surface area contributed by atoms with E-state index in [1.807, 2.05) is 0 Å². The average molecular weight is 171 g/mol. The van der Waals surface area contributed by atoms with E-state index >= 15 is 0 Å². The monoisotopic (exact) mass is 171 g/mol. The molecule has 0 saturated carbocycles. The molecule has 1 N–H and O–H groups in total. The van der Waals surface area contributed by atoms with Gasteiger partial charge < -0.3 is 10.1 Å². The fourth-order valence-electron chi connectivity index (χ4n) is 1.33. The van der Waals surface area contributed by atoms with Crippen molar-refractivity contribution in [3.05, 3.63) is 0 Å². The number of piperidine rings is 1. The standard InChI is InChI=1S/C9H17NO2/c1-8(11)4-6-12-9-3-2-5-10-7-9/h9-10H,2-7H2,1H3. The summed E-state index contributed by atoms with van der Waals surface area (Å²) in [5.74, 6) is 0.207. The van der Waals surface area contributed by atoms with E-state index in [9.17, 15) is 4.79 Å². The fourth-order valence-corrected chi connectivity index (χ4v) is 1.33. The number of ether oxygens (including phenoxy) is 1. The molecular formula is C9H17NO2. The normalized spacial score (nSPS) is 23.9. The van der Waals surface area contributed by atoms with Crippen LogP contribution >= 0.6 is 0 Å². The van der Waals surface area contributed by atoms with E-state index in [0.717, 1.165) is 19.5 Å². The Bertz CT molecular complexity index is 141. The lowest BCUT2D eigenvalue weighted by Crippen LogP contribution is -2.35. The van der Waals surface area contributed by atoms with E-state index in [1.165, 1.54) is 6.42 Å². The van der Waals surface area contributed by atoms with Crippen molar-refractivity contribution in [1.29, 1.82) is 0 Å². The van der Waals surface area contributed by atoms with Gasteiger partial charge in [-0.1, -0.05) is 0 Å². The van der Waals surface area contributed by atoms with Crippen molar-refractivity contribution >= 4 is 5.78 Å². The number of nitrogens with one attached hydrogen (secondary N) is 1. The van der Waals surface area contributed by atoms with Crippen LogP contribution in [0.25, 0.3) is 0 Å². The molecule has 1 aliphatic heterocycles. The zero-order valence-corrected chi connectivity index (χ0v) is 7.64. The molecule has 3 heteroatoms. The molecule has 0 radical (unpaired) electrons. The summed E-state index contributed by atoms with van der Waals surface area (Å²) in [6, 6.07) is 0. The Balaban J connectivity index is 2.01. The van der Waals surface area contributed by atoms with Crippen molar-refractivity contribution in [3.8, 4) is 0 Å². The third-order valence-electron chi connectivity index (χ3n) is 2.06. The molecule has 0 amide bonds. The zero-order valence-electron chi connectivity index (χ0n) is 7.64. The van der Waals surface area contributed by atoms with Gasteiger partial charge in [-0.3, -0.25) is 4.79 Å². The first-order chi connectivity index (χ1) is 5.79. The minimum atomic E-state index is 0.207. The lowest BCUT2D eigenvalue weighted by atomic mass is 10.1. The molecule has 0 aromatic heterocycles. The molecule has 70 valence electrons. The van der Waals surface area contributed by atoms with Gasteiger partial charge in [-0.05, 0) is 26.3 Å². The van der Waals surface area contributed by atoms with Crippen LogP contribution in [0, 0.1) is 0 Å². The molecule has 1 fully saturated rings. The summed E-state index contributed by atoms with van der Waals surface area (Å²) < 4.78 is 5.51. The van der Waals surface area contributed by atoms with E-state index in [4.69, 9.17) is 4.74 Å². The number of Topliss-reactive ketones (excluding diaryl/α,β-unsaturated/α-hetero) is 1. The topological polar surface area (TPSA) is 38.3 Å². The van der Waals surface area contributed by atoms with Gasteiger partial charge in [-0.15, -0.1) is 0 Å². The van der Waals surface area contributed by atoms with Crippen molar-refractivity contribution in [1.82, 2.24) is 5.32 Å². The number of hydrogen-bond acceptors (Lipinski definition) is 3. The Hall–Kier alpha value is -0.410. The van der Waals surface area contributed by atoms with E-state index < -0.39 is 0 Å². The van der Waals surface area contributed by atoms with Gasteiger partial charge in [0.1, 0.15) is 5.78 Å². The third kappa shape index (κ3) is 3.83. The van der Waals surface area contributed by atoms with Crippen molar-refractivity contribution in [2.24, 2.45) is 0 Å². The molecule has 0 aromatic carbocycles. The molecule has 1 unspecified atom stereocenters. The van der Waals surface area contributed by atoms with Crippen LogP contribution in [0.1, 0.15) is 26.2 Å². The predicted octanol–water partition coefficient (Wildman–Crippen LogP) is 0.734. The molecule has 0 aliphatic carbocycles. The number of ketones is 1. The molecule has 3 nitrogen and oxygen atoms in total. The number of carbonyl (C=O) groups is 1. The maximum Gasteiger partial charge on any atom is 0.132 e. The first-order valence-electron chi connectivity index (χ1n) is 4.61. The predicted molar refractivity (Wildman–Crippen MR) is 47.1 cm³/mol. The SMILES string of the molecule is CC(=O)CCOC1CCCNC1.